The van der Waals surface area contributed by atoms with Crippen LogP contribution in [-0.4, -0.2) is 100 Å². The number of aliphatic hydroxyl groups excluding tert-OH is 5. The van der Waals surface area contributed by atoms with Gasteiger partial charge >= 0.3 is 11.9 Å². The molecule has 0 radical (unpaired) electrons. The highest BCUT2D eigenvalue weighted by molar-refractivity contribution is 5.91. The minimum atomic E-state index is -1.66. The molecule has 3 aliphatic heterocycles. The van der Waals surface area contributed by atoms with E-state index in [4.69, 9.17) is 23.7 Å². The lowest BCUT2D eigenvalue weighted by Gasteiger charge is -2.42. The van der Waals surface area contributed by atoms with E-state index in [1.165, 1.54) is 0 Å². The van der Waals surface area contributed by atoms with Gasteiger partial charge in [-0.25, -0.2) is 4.79 Å². The third kappa shape index (κ3) is 5.62. The molecule has 214 valence electrons. The summed E-state index contributed by atoms with van der Waals surface area (Å²) in [5.74, 6) is -2.37. The van der Waals surface area contributed by atoms with Crippen LogP contribution in [0.1, 0.15) is 33.6 Å². The van der Waals surface area contributed by atoms with E-state index in [0.29, 0.717) is 12.0 Å². The van der Waals surface area contributed by atoms with Gasteiger partial charge in [0, 0.05) is 17.4 Å². The monoisotopic (exact) mass is 542 g/mol. The largest absolute Gasteiger partial charge is 0.468 e. The molecule has 0 aromatic carbocycles. The van der Waals surface area contributed by atoms with Crippen molar-refractivity contribution in [2.24, 2.45) is 29.6 Å². The van der Waals surface area contributed by atoms with Crippen molar-refractivity contribution in [3.8, 4) is 0 Å². The fraction of sp³-hybridized carbons (Fsp3) is 0.769. The van der Waals surface area contributed by atoms with Crippen LogP contribution in [0.3, 0.4) is 0 Å². The molecule has 0 spiro atoms. The van der Waals surface area contributed by atoms with Gasteiger partial charge in [0.05, 0.1) is 44.2 Å². The Hall–Kier alpha value is -2.06. The van der Waals surface area contributed by atoms with Gasteiger partial charge in [0.2, 0.25) is 6.29 Å². The number of ether oxygens (including phenoxy) is 5. The fourth-order valence-corrected chi connectivity index (χ4v) is 6.08. The van der Waals surface area contributed by atoms with Gasteiger partial charge in [-0.15, -0.1) is 0 Å². The Labute approximate surface area is 220 Å². The smallest absolute Gasteiger partial charge is 0.337 e. The number of fused-ring (bicyclic) bond motifs is 2. The molecule has 4 aliphatic rings. The van der Waals surface area contributed by atoms with E-state index >= 15 is 0 Å². The fourth-order valence-electron chi connectivity index (χ4n) is 6.08. The lowest BCUT2D eigenvalue weighted by Crippen LogP contribution is -2.60. The van der Waals surface area contributed by atoms with Crippen LogP contribution in [0.5, 0.6) is 0 Å². The van der Waals surface area contributed by atoms with Crippen LogP contribution in [0.2, 0.25) is 0 Å². The Balaban J connectivity index is 1.56. The van der Waals surface area contributed by atoms with Crippen molar-refractivity contribution in [3.05, 3.63) is 23.5 Å². The van der Waals surface area contributed by atoms with Gasteiger partial charge < -0.3 is 49.2 Å². The summed E-state index contributed by atoms with van der Waals surface area (Å²) in [5.41, 5.74) is 0.439. The Morgan fingerprint density at radius 2 is 1.76 bits per heavy atom. The maximum Gasteiger partial charge on any atom is 0.337 e. The van der Waals surface area contributed by atoms with Crippen LogP contribution in [0.4, 0.5) is 0 Å². The Morgan fingerprint density at radius 3 is 2.45 bits per heavy atom. The number of allylic oxidation sites excluding steroid dienone is 1. The topological polar surface area (TPSA) is 181 Å². The summed E-state index contributed by atoms with van der Waals surface area (Å²) in [6.07, 6.45) is -6.25. The molecule has 4 rings (SSSR count). The molecule has 1 saturated carbocycles. The molecule has 3 heterocycles. The Morgan fingerprint density at radius 1 is 1.03 bits per heavy atom. The summed E-state index contributed by atoms with van der Waals surface area (Å²) in [4.78, 5) is 26.1. The maximum absolute atomic E-state index is 13.1. The van der Waals surface area contributed by atoms with E-state index in [2.05, 4.69) is 0 Å². The first-order chi connectivity index (χ1) is 18.1. The van der Waals surface area contributed by atoms with Crippen LogP contribution >= 0.6 is 0 Å². The van der Waals surface area contributed by atoms with Crippen molar-refractivity contribution < 1.29 is 58.8 Å². The maximum atomic E-state index is 13.1. The molecular formula is C26H38O12. The summed E-state index contributed by atoms with van der Waals surface area (Å²) >= 11 is 0. The minimum absolute atomic E-state index is 0.0672. The number of cyclic esters (lactones) is 2. The van der Waals surface area contributed by atoms with Crippen molar-refractivity contribution in [1.82, 2.24) is 0 Å². The number of esters is 2. The second-order valence-corrected chi connectivity index (χ2v) is 10.7. The molecule has 1 aliphatic carbocycles. The van der Waals surface area contributed by atoms with Gasteiger partial charge in [-0.05, 0) is 31.1 Å². The molecule has 0 aromatic heterocycles. The number of carbonyl (C=O) groups is 2. The highest BCUT2D eigenvalue weighted by atomic mass is 16.8. The SMILES string of the molecule is CC=C1[C@H](O[C@@H]2O[C@H](CO)[C@@H](O)[C@H](O)[C@H]2O)OC=C2C(=O)OC[C@H](C)C3[C@@H](O)C[C@H](C)[C@H]3COC(=O)C[C@H]21. The predicted octanol–water partition coefficient (Wildman–Crippen LogP) is -0.635. The second-order valence-electron chi connectivity index (χ2n) is 10.7. The lowest BCUT2D eigenvalue weighted by atomic mass is 9.82. The van der Waals surface area contributed by atoms with E-state index in [1.54, 1.807) is 13.0 Å². The first-order valence-corrected chi connectivity index (χ1v) is 13.1. The predicted molar refractivity (Wildman–Crippen MR) is 128 cm³/mol. The highest BCUT2D eigenvalue weighted by Gasteiger charge is 2.48. The zero-order valence-corrected chi connectivity index (χ0v) is 21.7. The van der Waals surface area contributed by atoms with Gasteiger partial charge in [0.1, 0.15) is 24.4 Å². The molecule has 1 unspecified atom stereocenters. The molecule has 3 fully saturated rings. The molecule has 0 aromatic rings. The van der Waals surface area contributed by atoms with Crippen molar-refractivity contribution >= 4 is 11.9 Å². The molecule has 12 nitrogen and oxygen atoms in total. The summed E-state index contributed by atoms with van der Waals surface area (Å²) in [7, 11) is 0. The third-order valence-corrected chi connectivity index (χ3v) is 8.27. The first kappa shape index (κ1) is 28.9. The van der Waals surface area contributed by atoms with Gasteiger partial charge in [0.15, 0.2) is 6.29 Å². The van der Waals surface area contributed by atoms with Gasteiger partial charge in [-0.3, -0.25) is 4.79 Å². The van der Waals surface area contributed by atoms with E-state index < -0.39 is 67.6 Å². The van der Waals surface area contributed by atoms with Crippen molar-refractivity contribution in [2.45, 2.75) is 76.7 Å². The van der Waals surface area contributed by atoms with Crippen molar-refractivity contribution in [2.75, 3.05) is 19.8 Å². The molecular weight excluding hydrogens is 504 g/mol. The standard InChI is InChI=1S/C26H38O12/c1-4-13-14-6-19(29)34-9-15-11(2)5-17(28)20(15)12(3)8-35-24(33)16(14)10-36-25(13)38-26-23(32)22(31)21(30)18(7-27)37-26/h4,10-12,14-15,17-18,20-23,25-28,30-32H,5-9H2,1-3H3/t11-,12-,14-,15+,17-,18+,20?,21+,22-,23+,25-,26-/m0/s1. The molecule has 0 bridgehead atoms. The third-order valence-electron chi connectivity index (χ3n) is 8.27. The van der Waals surface area contributed by atoms with E-state index in [9.17, 15) is 35.1 Å². The summed E-state index contributed by atoms with van der Waals surface area (Å²) < 4.78 is 28.1. The number of carbonyl (C=O) groups excluding carboxylic acids is 2. The summed E-state index contributed by atoms with van der Waals surface area (Å²) in [6, 6.07) is 0. The van der Waals surface area contributed by atoms with Crippen LogP contribution in [0.15, 0.2) is 23.5 Å². The minimum Gasteiger partial charge on any atom is -0.468 e. The van der Waals surface area contributed by atoms with Crippen LogP contribution in [0.25, 0.3) is 0 Å². The number of aliphatic hydroxyl groups is 5. The zero-order valence-electron chi connectivity index (χ0n) is 21.7. The zero-order chi connectivity index (χ0) is 27.7. The van der Waals surface area contributed by atoms with Gasteiger partial charge in [-0.1, -0.05) is 19.9 Å². The van der Waals surface area contributed by atoms with E-state index in [1.807, 2.05) is 13.8 Å². The van der Waals surface area contributed by atoms with Crippen LogP contribution in [-0.2, 0) is 33.3 Å². The first-order valence-electron chi connectivity index (χ1n) is 13.1. The molecule has 12 atom stereocenters. The quantitative estimate of drug-likeness (QED) is 0.225. The molecule has 5 N–H and O–H groups in total. The lowest BCUT2D eigenvalue weighted by molar-refractivity contribution is -0.327. The number of hydrogen-bond acceptors (Lipinski definition) is 12. The van der Waals surface area contributed by atoms with E-state index in [0.717, 1.165) is 6.26 Å². The number of hydrogen-bond donors (Lipinski definition) is 5. The average Bonchev–Trinajstić information content (AvgIpc) is 3.18. The highest BCUT2D eigenvalue weighted by Crippen LogP contribution is 2.43. The molecule has 12 heteroatoms. The average molecular weight is 543 g/mol. The summed E-state index contributed by atoms with van der Waals surface area (Å²) in [5, 5.41) is 50.6. The Kier molecular flexibility index (Phi) is 9.13. The van der Waals surface area contributed by atoms with Crippen molar-refractivity contribution in [3.63, 3.8) is 0 Å². The van der Waals surface area contributed by atoms with E-state index in [-0.39, 0.29) is 48.9 Å². The normalized spacial score (nSPS) is 45.5. The van der Waals surface area contributed by atoms with Crippen LogP contribution < -0.4 is 0 Å². The Bertz CT molecular complexity index is 931. The molecule has 38 heavy (non-hydrogen) atoms. The van der Waals surface area contributed by atoms with Gasteiger partial charge in [0.25, 0.3) is 0 Å². The van der Waals surface area contributed by atoms with Gasteiger partial charge in [-0.2, -0.15) is 0 Å². The number of rotatable bonds is 3. The van der Waals surface area contributed by atoms with Crippen LogP contribution in [0, 0.1) is 29.6 Å². The van der Waals surface area contributed by atoms with Crippen molar-refractivity contribution in [1.29, 1.82) is 0 Å². The molecule has 0 amide bonds. The molecule has 2 saturated heterocycles. The second kappa shape index (κ2) is 12.0. The summed E-state index contributed by atoms with van der Waals surface area (Å²) in [6.45, 7) is 5.13.